The minimum Gasteiger partial charge on any atom is -0.345 e. The van der Waals surface area contributed by atoms with E-state index in [1.54, 1.807) is 11.1 Å². The van der Waals surface area contributed by atoms with Crippen molar-refractivity contribution >= 4 is 23.4 Å². The first kappa shape index (κ1) is 21.1. The summed E-state index contributed by atoms with van der Waals surface area (Å²) in [5.41, 5.74) is 1.56. The van der Waals surface area contributed by atoms with E-state index in [1.807, 2.05) is 25.1 Å². The molecule has 2 saturated heterocycles. The molecular weight excluding hydrogens is 392 g/mol. The van der Waals surface area contributed by atoms with Crippen LogP contribution in [0, 0.1) is 18.3 Å². The quantitative estimate of drug-likeness (QED) is 0.568. The van der Waals surface area contributed by atoms with Crippen molar-refractivity contribution in [2.24, 2.45) is 0 Å². The summed E-state index contributed by atoms with van der Waals surface area (Å²) in [6, 6.07) is 5.78. The summed E-state index contributed by atoms with van der Waals surface area (Å²) in [4.78, 5) is 36.5. The Morgan fingerprint density at radius 2 is 1.90 bits per heavy atom. The van der Waals surface area contributed by atoms with Crippen molar-refractivity contribution in [2.45, 2.75) is 26.2 Å². The molecule has 0 saturated carbocycles. The summed E-state index contributed by atoms with van der Waals surface area (Å²) in [6.07, 6.45) is 6.13. The number of anilines is 1. The summed E-state index contributed by atoms with van der Waals surface area (Å²) in [5, 5.41) is 9.76. The molecular formula is C23H29N6O2+. The van der Waals surface area contributed by atoms with Crippen molar-refractivity contribution < 1.29 is 9.69 Å². The monoisotopic (exact) mass is 421 g/mol. The van der Waals surface area contributed by atoms with Crippen molar-refractivity contribution in [3.8, 4) is 6.07 Å². The smallest absolute Gasteiger partial charge is 0.267 e. The molecule has 2 aromatic heterocycles. The molecule has 0 atom stereocenters. The first-order chi connectivity index (χ1) is 15.0. The van der Waals surface area contributed by atoms with Crippen LogP contribution in [0.1, 0.15) is 30.4 Å². The molecule has 2 fully saturated rings. The third kappa shape index (κ3) is 4.19. The predicted octanol–water partition coefficient (Wildman–Crippen LogP) is 0.257. The highest BCUT2D eigenvalue weighted by atomic mass is 16.2. The molecule has 8 heteroatoms. The van der Waals surface area contributed by atoms with Gasteiger partial charge in [0.15, 0.2) is 0 Å². The van der Waals surface area contributed by atoms with E-state index < -0.39 is 0 Å². The Kier molecular flexibility index (Phi) is 6.05. The maximum atomic E-state index is 13.5. The number of likely N-dealkylation sites (N-methyl/N-ethyl adjacent to an activating group) is 1. The maximum absolute atomic E-state index is 13.5. The molecule has 0 aromatic carbocycles. The van der Waals surface area contributed by atoms with E-state index in [2.05, 4.69) is 11.9 Å². The number of carbonyl (C=O) groups excluding carboxylic acids is 1. The van der Waals surface area contributed by atoms with Crippen LogP contribution in [0.4, 0.5) is 5.82 Å². The van der Waals surface area contributed by atoms with Gasteiger partial charge in [-0.1, -0.05) is 6.07 Å². The fraction of sp³-hybridized carbons (Fsp3) is 0.478. The van der Waals surface area contributed by atoms with Gasteiger partial charge in [0.1, 0.15) is 23.1 Å². The van der Waals surface area contributed by atoms with Crippen molar-refractivity contribution in [3.63, 3.8) is 0 Å². The van der Waals surface area contributed by atoms with Crippen LogP contribution >= 0.6 is 0 Å². The molecule has 8 nitrogen and oxygen atoms in total. The zero-order valence-corrected chi connectivity index (χ0v) is 18.2. The molecule has 4 rings (SSSR count). The topological polar surface area (TPSA) is 86.1 Å². The fourth-order valence-corrected chi connectivity index (χ4v) is 4.32. The van der Waals surface area contributed by atoms with Gasteiger partial charge in [-0.3, -0.25) is 14.0 Å². The molecule has 4 heterocycles. The first-order valence-corrected chi connectivity index (χ1v) is 11.0. The van der Waals surface area contributed by atoms with Gasteiger partial charge in [-0.15, -0.1) is 0 Å². The van der Waals surface area contributed by atoms with E-state index in [-0.39, 0.29) is 17.0 Å². The van der Waals surface area contributed by atoms with E-state index in [0.29, 0.717) is 30.1 Å². The zero-order chi connectivity index (χ0) is 22.0. The number of aromatic nitrogens is 2. The van der Waals surface area contributed by atoms with Gasteiger partial charge in [-0.2, -0.15) is 5.26 Å². The van der Waals surface area contributed by atoms with Crippen LogP contribution < -0.4 is 15.4 Å². The third-order valence-corrected chi connectivity index (χ3v) is 6.26. The maximum Gasteiger partial charge on any atom is 0.267 e. The Bertz CT molecular complexity index is 1120. The molecule has 1 amide bonds. The number of nitriles is 1. The van der Waals surface area contributed by atoms with Crippen LogP contribution in [0.2, 0.25) is 0 Å². The fourth-order valence-electron chi connectivity index (χ4n) is 4.32. The van der Waals surface area contributed by atoms with Gasteiger partial charge in [0.25, 0.3) is 11.5 Å². The van der Waals surface area contributed by atoms with Gasteiger partial charge < -0.3 is 14.7 Å². The standard InChI is InChI=1S/C23H28N6O2/c1-17-7-6-10-29-20(17)25-21(27-13-11-26(2)12-14-27)19(23(29)31)15-18(16-24)22(30)28-8-4-3-5-9-28/h6-7,10,15H,3-5,8-9,11-14H2,1-2H3/p+1/b18-15+. The molecule has 1 N–H and O–H groups in total. The first-order valence-electron chi connectivity index (χ1n) is 11.0. The number of hydrogen-bond acceptors (Lipinski definition) is 5. The highest BCUT2D eigenvalue weighted by molar-refractivity contribution is 6.02. The Morgan fingerprint density at radius 1 is 1.19 bits per heavy atom. The summed E-state index contributed by atoms with van der Waals surface area (Å²) >= 11 is 0. The lowest BCUT2D eigenvalue weighted by Gasteiger charge is -2.32. The van der Waals surface area contributed by atoms with E-state index in [1.165, 1.54) is 15.4 Å². The summed E-state index contributed by atoms with van der Waals surface area (Å²) < 4.78 is 1.51. The van der Waals surface area contributed by atoms with Crippen molar-refractivity contribution in [1.82, 2.24) is 14.3 Å². The number of nitrogens with one attached hydrogen (secondary N) is 1. The van der Waals surface area contributed by atoms with Gasteiger partial charge >= 0.3 is 0 Å². The van der Waals surface area contributed by atoms with Crippen LogP contribution in [0.3, 0.4) is 0 Å². The molecule has 2 aromatic rings. The Balaban J connectivity index is 1.84. The number of rotatable bonds is 3. The molecule has 162 valence electrons. The summed E-state index contributed by atoms with van der Waals surface area (Å²) in [5.74, 6) is 0.260. The molecule has 0 bridgehead atoms. The number of nitrogens with zero attached hydrogens (tertiary/aromatic N) is 5. The second-order valence-electron chi connectivity index (χ2n) is 8.51. The van der Waals surface area contributed by atoms with Crippen LogP contribution in [-0.4, -0.2) is 66.5 Å². The van der Waals surface area contributed by atoms with Gasteiger partial charge in [0.2, 0.25) is 0 Å². The second kappa shape index (κ2) is 8.90. The summed E-state index contributed by atoms with van der Waals surface area (Å²) in [7, 11) is 2.15. The second-order valence-corrected chi connectivity index (χ2v) is 8.51. The molecule has 2 aliphatic rings. The zero-order valence-electron chi connectivity index (χ0n) is 18.2. The number of likely N-dealkylation sites (tertiary alicyclic amines) is 1. The predicted molar refractivity (Wildman–Crippen MR) is 119 cm³/mol. The normalized spacial score (nSPS) is 18.3. The average Bonchev–Trinajstić information content (AvgIpc) is 2.80. The molecule has 2 aliphatic heterocycles. The number of quaternary nitrogens is 1. The average molecular weight is 422 g/mol. The Morgan fingerprint density at radius 3 is 2.58 bits per heavy atom. The van der Waals surface area contributed by atoms with E-state index in [9.17, 15) is 14.9 Å². The minimum atomic E-state index is -0.301. The highest BCUT2D eigenvalue weighted by Crippen LogP contribution is 2.21. The van der Waals surface area contributed by atoms with Gasteiger partial charge in [0.05, 0.1) is 38.8 Å². The third-order valence-electron chi connectivity index (χ3n) is 6.26. The largest absolute Gasteiger partial charge is 0.345 e. The van der Waals surface area contributed by atoms with Crippen LogP contribution in [-0.2, 0) is 4.79 Å². The lowest BCUT2D eigenvalue weighted by Crippen LogP contribution is -3.12. The van der Waals surface area contributed by atoms with Crippen molar-refractivity contribution in [1.29, 1.82) is 5.26 Å². The van der Waals surface area contributed by atoms with Crippen LogP contribution in [0.5, 0.6) is 0 Å². The van der Waals surface area contributed by atoms with Crippen LogP contribution in [0.25, 0.3) is 11.7 Å². The minimum absolute atomic E-state index is 0.00518. The lowest BCUT2D eigenvalue weighted by molar-refractivity contribution is -0.880. The number of carbonyl (C=O) groups is 1. The Labute approximate surface area is 182 Å². The number of amides is 1. The number of aryl methyl sites for hydroxylation is 1. The molecule has 0 unspecified atom stereocenters. The Hall–Kier alpha value is -3.18. The van der Waals surface area contributed by atoms with Crippen molar-refractivity contribution in [3.05, 3.63) is 45.4 Å². The molecule has 0 spiro atoms. The molecule has 0 aliphatic carbocycles. The number of pyridine rings is 1. The van der Waals surface area contributed by atoms with Gasteiger partial charge in [-0.05, 0) is 43.9 Å². The molecule has 0 radical (unpaired) electrons. The van der Waals surface area contributed by atoms with Crippen molar-refractivity contribution in [2.75, 3.05) is 51.2 Å². The summed E-state index contributed by atoms with van der Waals surface area (Å²) in [6.45, 7) is 6.65. The van der Waals surface area contributed by atoms with E-state index in [4.69, 9.17) is 4.98 Å². The highest BCUT2D eigenvalue weighted by Gasteiger charge is 2.26. The number of hydrogen-bond donors (Lipinski definition) is 1. The van der Waals surface area contributed by atoms with E-state index >= 15 is 0 Å². The number of fused-ring (bicyclic) bond motifs is 1. The van der Waals surface area contributed by atoms with E-state index in [0.717, 1.165) is 51.0 Å². The van der Waals surface area contributed by atoms with Gasteiger partial charge in [-0.25, -0.2) is 4.98 Å². The SMILES string of the molecule is Cc1cccn2c(=O)c(/C=C(\C#N)C(=O)N3CCCCC3)c(N3CC[NH+](C)CC3)nc12. The van der Waals surface area contributed by atoms with Crippen LogP contribution in [0.15, 0.2) is 28.7 Å². The van der Waals surface area contributed by atoms with Gasteiger partial charge in [0, 0.05) is 19.3 Å². The molecule has 31 heavy (non-hydrogen) atoms. The number of piperazine rings is 1. The lowest BCUT2D eigenvalue weighted by atomic mass is 10.1. The number of piperidine rings is 1.